The summed E-state index contributed by atoms with van der Waals surface area (Å²) in [5.74, 6) is 1.59. The minimum atomic E-state index is 0.266. The van der Waals surface area contributed by atoms with Gasteiger partial charge in [0.05, 0.1) is 34.2 Å². The van der Waals surface area contributed by atoms with Gasteiger partial charge >= 0.3 is 0 Å². The van der Waals surface area contributed by atoms with Crippen LogP contribution < -0.4 is 5.73 Å². The molecule has 5 rings (SSSR count). The van der Waals surface area contributed by atoms with Gasteiger partial charge in [-0.1, -0.05) is 51.7 Å². The van der Waals surface area contributed by atoms with Gasteiger partial charge in [0, 0.05) is 17.4 Å². The van der Waals surface area contributed by atoms with Crippen molar-refractivity contribution < 1.29 is 0 Å². The molecule has 5 heteroatoms. The fraction of sp³-hybridized carbons (Fsp3) is 0.486. The Kier molecular flexibility index (Phi) is 9.53. The van der Waals surface area contributed by atoms with Crippen LogP contribution in [0.4, 0.5) is 0 Å². The lowest BCUT2D eigenvalue weighted by atomic mass is 9.93. The molecule has 5 nitrogen and oxygen atoms in total. The number of nitrogens with one attached hydrogen (secondary N) is 4. The summed E-state index contributed by atoms with van der Waals surface area (Å²) in [5, 5.41) is 0. The number of H-pyrrole nitrogens is 4. The van der Waals surface area contributed by atoms with E-state index in [1.807, 2.05) is 0 Å². The van der Waals surface area contributed by atoms with Crippen molar-refractivity contribution in [1.29, 1.82) is 0 Å². The van der Waals surface area contributed by atoms with E-state index in [1.165, 1.54) is 49.9 Å². The van der Waals surface area contributed by atoms with E-state index >= 15 is 0 Å². The van der Waals surface area contributed by atoms with Gasteiger partial charge in [0.2, 0.25) is 0 Å². The van der Waals surface area contributed by atoms with E-state index in [0.29, 0.717) is 0 Å². The van der Waals surface area contributed by atoms with E-state index in [4.69, 9.17) is 5.73 Å². The minimum absolute atomic E-state index is 0.266. The SMILES string of the molecule is CC(C)CCCC(C)CCc1ccc(-c2ccc(-c3ccc(-c4ccc(CCCC5=CC(N)CCC5)[nH]4)[nH]3)[nH]2)[nH]1. The van der Waals surface area contributed by atoms with Gasteiger partial charge in [-0.2, -0.15) is 0 Å². The molecule has 1 aliphatic carbocycles. The van der Waals surface area contributed by atoms with Crippen LogP contribution in [0.15, 0.2) is 60.2 Å². The van der Waals surface area contributed by atoms with Gasteiger partial charge in [-0.3, -0.25) is 0 Å². The van der Waals surface area contributed by atoms with Crippen LogP contribution in [0.1, 0.15) is 89.9 Å². The smallest absolute Gasteiger partial charge is 0.0624 e. The molecule has 2 unspecified atom stereocenters. The van der Waals surface area contributed by atoms with Crippen LogP contribution in [-0.4, -0.2) is 26.0 Å². The summed E-state index contributed by atoms with van der Waals surface area (Å²) in [6, 6.07) is 17.8. The third-order valence-electron chi connectivity index (χ3n) is 8.55. The first-order valence-electron chi connectivity index (χ1n) is 15.6. The lowest BCUT2D eigenvalue weighted by molar-refractivity contribution is 0.436. The quantitative estimate of drug-likeness (QED) is 0.102. The summed E-state index contributed by atoms with van der Waals surface area (Å²) in [7, 11) is 0. The van der Waals surface area contributed by atoms with E-state index in [-0.39, 0.29) is 6.04 Å². The van der Waals surface area contributed by atoms with Gasteiger partial charge in [-0.05, 0) is 112 Å². The van der Waals surface area contributed by atoms with Crippen LogP contribution >= 0.6 is 0 Å². The standard InChI is InChI=1S/C35H49N5/c1-24(2)7-4-8-25(3)13-14-29-16-18-31(38-29)33-20-22-35(40-33)34-21-19-32(39-34)30-17-15-28(37-30)12-6-10-26-9-5-11-27(36)23-26/h15-25,27,37-40H,4-14,36H2,1-3H3. The number of aromatic nitrogens is 4. The van der Waals surface area contributed by atoms with Crippen LogP contribution in [0.3, 0.4) is 0 Å². The van der Waals surface area contributed by atoms with Crippen LogP contribution in [0.5, 0.6) is 0 Å². The molecule has 0 amide bonds. The van der Waals surface area contributed by atoms with Crippen LogP contribution in [0, 0.1) is 11.8 Å². The molecule has 0 saturated carbocycles. The molecular weight excluding hydrogens is 490 g/mol. The Morgan fingerprint density at radius 3 is 1.77 bits per heavy atom. The fourth-order valence-electron chi connectivity index (χ4n) is 6.07. The summed E-state index contributed by atoms with van der Waals surface area (Å²) < 4.78 is 0. The van der Waals surface area contributed by atoms with E-state index in [0.717, 1.165) is 78.1 Å². The predicted molar refractivity (Wildman–Crippen MR) is 169 cm³/mol. The highest BCUT2D eigenvalue weighted by molar-refractivity contribution is 5.68. The Bertz CT molecular complexity index is 1360. The van der Waals surface area contributed by atoms with Gasteiger partial charge in [0.15, 0.2) is 0 Å². The molecule has 2 atom stereocenters. The molecule has 4 heterocycles. The first kappa shape index (κ1) is 28.4. The number of hydrogen-bond donors (Lipinski definition) is 5. The summed E-state index contributed by atoms with van der Waals surface area (Å²) in [4.78, 5) is 14.5. The van der Waals surface area contributed by atoms with Gasteiger partial charge < -0.3 is 25.7 Å². The number of aromatic amines is 4. The highest BCUT2D eigenvalue weighted by Crippen LogP contribution is 2.28. The van der Waals surface area contributed by atoms with Crippen LogP contribution in [0.2, 0.25) is 0 Å². The molecule has 0 bridgehead atoms. The number of aryl methyl sites for hydroxylation is 2. The third kappa shape index (κ3) is 7.72. The molecule has 1 aliphatic rings. The van der Waals surface area contributed by atoms with Gasteiger partial charge in [0.1, 0.15) is 0 Å². The average Bonchev–Trinajstić information content (AvgIpc) is 3.73. The molecule has 0 aromatic carbocycles. The Balaban J connectivity index is 1.13. The summed E-state index contributed by atoms with van der Waals surface area (Å²) in [6.07, 6.45) is 15.7. The van der Waals surface area contributed by atoms with Crippen molar-refractivity contribution in [3.8, 4) is 34.2 Å². The van der Waals surface area contributed by atoms with Gasteiger partial charge in [0.25, 0.3) is 0 Å². The number of allylic oxidation sites excluding steroid dienone is 1. The number of rotatable bonds is 14. The Labute approximate surface area is 240 Å². The maximum absolute atomic E-state index is 6.10. The Morgan fingerprint density at radius 2 is 1.20 bits per heavy atom. The molecule has 6 N–H and O–H groups in total. The zero-order valence-corrected chi connectivity index (χ0v) is 24.8. The summed E-state index contributed by atoms with van der Waals surface area (Å²) in [6.45, 7) is 7.03. The molecule has 0 aliphatic heterocycles. The molecule has 0 saturated heterocycles. The van der Waals surface area contributed by atoms with Crippen molar-refractivity contribution in [1.82, 2.24) is 19.9 Å². The summed E-state index contributed by atoms with van der Waals surface area (Å²) >= 11 is 0. The van der Waals surface area contributed by atoms with Crippen molar-refractivity contribution >= 4 is 0 Å². The van der Waals surface area contributed by atoms with E-state index in [2.05, 4.69) is 95.3 Å². The highest BCUT2D eigenvalue weighted by Gasteiger charge is 2.12. The molecule has 4 aromatic heterocycles. The zero-order chi connectivity index (χ0) is 27.9. The lowest BCUT2D eigenvalue weighted by Gasteiger charge is -2.17. The Morgan fingerprint density at radius 1 is 0.650 bits per heavy atom. The van der Waals surface area contributed by atoms with E-state index < -0.39 is 0 Å². The van der Waals surface area contributed by atoms with Crippen molar-refractivity contribution in [2.45, 2.75) is 97.4 Å². The lowest BCUT2D eigenvalue weighted by Crippen LogP contribution is -2.20. The maximum Gasteiger partial charge on any atom is 0.0624 e. The van der Waals surface area contributed by atoms with Crippen molar-refractivity contribution in [2.75, 3.05) is 0 Å². The predicted octanol–water partition coefficient (Wildman–Crippen LogP) is 9.16. The van der Waals surface area contributed by atoms with E-state index in [1.54, 1.807) is 5.57 Å². The van der Waals surface area contributed by atoms with Crippen LogP contribution in [-0.2, 0) is 12.8 Å². The molecule has 214 valence electrons. The Hall–Kier alpha value is -3.18. The first-order chi connectivity index (χ1) is 19.4. The van der Waals surface area contributed by atoms with Crippen molar-refractivity contribution in [3.05, 3.63) is 71.6 Å². The fourth-order valence-corrected chi connectivity index (χ4v) is 6.07. The monoisotopic (exact) mass is 539 g/mol. The van der Waals surface area contributed by atoms with E-state index in [9.17, 15) is 0 Å². The normalized spacial score (nSPS) is 16.5. The molecular formula is C35H49N5. The number of nitrogens with two attached hydrogens (primary N) is 1. The number of hydrogen-bond acceptors (Lipinski definition) is 1. The largest absolute Gasteiger partial charge is 0.357 e. The maximum atomic E-state index is 6.10. The second-order valence-electron chi connectivity index (χ2n) is 12.6. The molecule has 0 radical (unpaired) electrons. The molecule has 0 spiro atoms. The molecule has 40 heavy (non-hydrogen) atoms. The van der Waals surface area contributed by atoms with Crippen LogP contribution in [0.25, 0.3) is 34.2 Å². The minimum Gasteiger partial charge on any atom is -0.357 e. The molecule has 0 fully saturated rings. The second-order valence-corrected chi connectivity index (χ2v) is 12.6. The zero-order valence-electron chi connectivity index (χ0n) is 24.8. The van der Waals surface area contributed by atoms with Crippen molar-refractivity contribution in [3.63, 3.8) is 0 Å². The van der Waals surface area contributed by atoms with Gasteiger partial charge in [-0.15, -0.1) is 0 Å². The summed E-state index contributed by atoms with van der Waals surface area (Å²) in [5.41, 5.74) is 17.0. The highest BCUT2D eigenvalue weighted by atomic mass is 14.9. The first-order valence-corrected chi connectivity index (χ1v) is 15.6. The third-order valence-corrected chi connectivity index (χ3v) is 8.55. The molecule has 4 aromatic rings. The van der Waals surface area contributed by atoms with Crippen molar-refractivity contribution in [2.24, 2.45) is 17.6 Å². The second kappa shape index (κ2) is 13.5. The average molecular weight is 540 g/mol. The van der Waals surface area contributed by atoms with Gasteiger partial charge in [-0.25, -0.2) is 0 Å². The topological polar surface area (TPSA) is 89.2 Å².